The van der Waals surface area contributed by atoms with Gasteiger partial charge in [-0.25, -0.2) is 0 Å². The van der Waals surface area contributed by atoms with Crippen LogP contribution >= 0.6 is 0 Å². The van der Waals surface area contributed by atoms with E-state index in [0.717, 1.165) is 12.0 Å². The van der Waals surface area contributed by atoms with E-state index in [-0.39, 0.29) is 0 Å². The Morgan fingerprint density at radius 1 is 1.07 bits per heavy atom. The van der Waals surface area contributed by atoms with Gasteiger partial charge in [0, 0.05) is 12.6 Å². The molecule has 0 bridgehead atoms. The fourth-order valence-corrected chi connectivity index (χ4v) is 2.80. The van der Waals surface area contributed by atoms with Gasteiger partial charge >= 0.3 is 0 Å². The molecule has 2 nitrogen and oxygen atoms in total. The summed E-state index contributed by atoms with van der Waals surface area (Å²) >= 11 is 0. The molecule has 2 N–H and O–H groups in total. The van der Waals surface area contributed by atoms with E-state index in [1.54, 1.807) is 0 Å². The lowest BCUT2D eigenvalue weighted by atomic mass is 9.87. The third-order valence-corrected chi connectivity index (χ3v) is 3.77. The third kappa shape index (κ3) is 3.25. The minimum atomic E-state index is 0.763. The van der Waals surface area contributed by atoms with Crippen LogP contribution in [0.25, 0.3) is 0 Å². The van der Waals surface area contributed by atoms with Gasteiger partial charge in [0.25, 0.3) is 0 Å². The second-order valence-electron chi connectivity index (χ2n) is 4.94. The Bertz CT molecular complexity index is 146. The summed E-state index contributed by atoms with van der Waals surface area (Å²) in [5.41, 5.74) is 0. The van der Waals surface area contributed by atoms with Crippen molar-refractivity contribution in [2.24, 2.45) is 5.92 Å². The maximum atomic E-state index is 3.67. The van der Waals surface area contributed by atoms with Crippen LogP contribution in [0.3, 0.4) is 0 Å². The number of rotatable bonds is 4. The highest BCUT2D eigenvalue weighted by Crippen LogP contribution is 2.25. The summed E-state index contributed by atoms with van der Waals surface area (Å²) in [6.45, 7) is 3.64. The van der Waals surface area contributed by atoms with Gasteiger partial charge in [-0.2, -0.15) is 0 Å². The van der Waals surface area contributed by atoms with Crippen molar-refractivity contribution in [3.63, 3.8) is 0 Å². The van der Waals surface area contributed by atoms with Crippen LogP contribution in [0.2, 0.25) is 0 Å². The Hall–Kier alpha value is -0.0800. The van der Waals surface area contributed by atoms with Gasteiger partial charge in [-0.1, -0.05) is 32.1 Å². The molecule has 2 fully saturated rings. The molecule has 1 unspecified atom stereocenters. The number of nitrogens with one attached hydrogen (secondary N) is 2. The van der Waals surface area contributed by atoms with Crippen LogP contribution in [0.4, 0.5) is 0 Å². The van der Waals surface area contributed by atoms with Crippen LogP contribution in [0.5, 0.6) is 0 Å². The summed E-state index contributed by atoms with van der Waals surface area (Å²) in [5, 5.41) is 7.06. The maximum absolute atomic E-state index is 3.67. The first-order valence-electron chi connectivity index (χ1n) is 6.39. The molecular formula is C12H24N2. The van der Waals surface area contributed by atoms with Crippen LogP contribution in [0.1, 0.15) is 44.9 Å². The summed E-state index contributed by atoms with van der Waals surface area (Å²) in [6.07, 6.45) is 10.2. The molecule has 0 aromatic carbocycles. The molecule has 14 heavy (non-hydrogen) atoms. The SMILES string of the molecule is C1CCC(CCNC2CCNC2)CC1. The van der Waals surface area contributed by atoms with Crippen LogP contribution in [-0.2, 0) is 0 Å². The Kier molecular flexibility index (Phi) is 4.26. The number of hydrogen-bond acceptors (Lipinski definition) is 2. The van der Waals surface area contributed by atoms with Crippen LogP contribution in [0.15, 0.2) is 0 Å². The fraction of sp³-hybridized carbons (Fsp3) is 1.00. The van der Waals surface area contributed by atoms with Crippen molar-refractivity contribution in [1.29, 1.82) is 0 Å². The fourth-order valence-electron chi connectivity index (χ4n) is 2.80. The van der Waals surface area contributed by atoms with Crippen molar-refractivity contribution >= 4 is 0 Å². The molecular weight excluding hydrogens is 172 g/mol. The maximum Gasteiger partial charge on any atom is 0.0204 e. The average molecular weight is 196 g/mol. The molecule has 1 saturated carbocycles. The normalized spacial score (nSPS) is 29.6. The van der Waals surface area contributed by atoms with Gasteiger partial charge in [-0.05, 0) is 31.8 Å². The highest BCUT2D eigenvalue weighted by Gasteiger charge is 2.15. The van der Waals surface area contributed by atoms with Gasteiger partial charge in [0.15, 0.2) is 0 Å². The lowest BCUT2D eigenvalue weighted by Crippen LogP contribution is -2.32. The minimum absolute atomic E-state index is 0.763. The van der Waals surface area contributed by atoms with E-state index in [9.17, 15) is 0 Å². The van der Waals surface area contributed by atoms with Crippen molar-refractivity contribution in [2.45, 2.75) is 51.0 Å². The van der Waals surface area contributed by atoms with E-state index >= 15 is 0 Å². The molecule has 2 rings (SSSR count). The zero-order chi connectivity index (χ0) is 9.64. The second-order valence-corrected chi connectivity index (χ2v) is 4.94. The molecule has 0 aromatic heterocycles. The minimum Gasteiger partial charge on any atom is -0.315 e. The van der Waals surface area contributed by atoms with E-state index in [1.807, 2.05) is 0 Å². The predicted molar refractivity (Wildman–Crippen MR) is 60.5 cm³/mol. The van der Waals surface area contributed by atoms with E-state index in [4.69, 9.17) is 0 Å². The van der Waals surface area contributed by atoms with Crippen molar-refractivity contribution in [1.82, 2.24) is 10.6 Å². The monoisotopic (exact) mass is 196 g/mol. The second kappa shape index (κ2) is 5.72. The highest BCUT2D eigenvalue weighted by molar-refractivity contribution is 4.77. The van der Waals surface area contributed by atoms with E-state index in [2.05, 4.69) is 10.6 Å². The van der Waals surface area contributed by atoms with Gasteiger partial charge in [-0.3, -0.25) is 0 Å². The smallest absolute Gasteiger partial charge is 0.0204 e. The first kappa shape index (κ1) is 10.4. The Morgan fingerprint density at radius 2 is 1.93 bits per heavy atom. The van der Waals surface area contributed by atoms with Crippen molar-refractivity contribution in [3.05, 3.63) is 0 Å². The van der Waals surface area contributed by atoms with Crippen LogP contribution in [-0.4, -0.2) is 25.7 Å². The topological polar surface area (TPSA) is 24.1 Å². The van der Waals surface area contributed by atoms with E-state index in [0.29, 0.717) is 0 Å². The molecule has 0 spiro atoms. The zero-order valence-corrected chi connectivity index (χ0v) is 9.23. The average Bonchev–Trinajstić information content (AvgIpc) is 2.72. The van der Waals surface area contributed by atoms with Gasteiger partial charge in [-0.15, -0.1) is 0 Å². The summed E-state index contributed by atoms with van der Waals surface area (Å²) < 4.78 is 0. The summed E-state index contributed by atoms with van der Waals surface area (Å²) in [4.78, 5) is 0. The van der Waals surface area contributed by atoms with Crippen molar-refractivity contribution in [3.8, 4) is 0 Å². The van der Waals surface area contributed by atoms with Gasteiger partial charge in [0.1, 0.15) is 0 Å². The Morgan fingerprint density at radius 3 is 2.64 bits per heavy atom. The summed E-state index contributed by atoms with van der Waals surface area (Å²) in [5.74, 6) is 1.03. The van der Waals surface area contributed by atoms with Crippen LogP contribution in [0, 0.1) is 5.92 Å². The first-order valence-corrected chi connectivity index (χ1v) is 6.39. The molecule has 0 aromatic rings. The van der Waals surface area contributed by atoms with E-state index in [1.165, 1.54) is 64.6 Å². The standard InChI is InChI=1S/C12H24N2/c1-2-4-11(5-3-1)6-9-14-12-7-8-13-10-12/h11-14H,1-10H2. The number of hydrogen-bond donors (Lipinski definition) is 2. The first-order chi connectivity index (χ1) is 6.95. The predicted octanol–water partition coefficient (Wildman–Crippen LogP) is 1.91. The lowest BCUT2D eigenvalue weighted by molar-refractivity contribution is 0.329. The molecule has 82 valence electrons. The molecule has 0 radical (unpaired) electrons. The third-order valence-electron chi connectivity index (χ3n) is 3.77. The molecule has 2 heteroatoms. The van der Waals surface area contributed by atoms with E-state index < -0.39 is 0 Å². The molecule has 1 atom stereocenters. The molecule has 1 aliphatic heterocycles. The Balaban J connectivity index is 1.52. The van der Waals surface area contributed by atoms with Crippen molar-refractivity contribution in [2.75, 3.05) is 19.6 Å². The quantitative estimate of drug-likeness (QED) is 0.717. The molecule has 1 saturated heterocycles. The van der Waals surface area contributed by atoms with Gasteiger partial charge in [0.05, 0.1) is 0 Å². The molecule has 1 heterocycles. The summed E-state index contributed by atoms with van der Waals surface area (Å²) in [7, 11) is 0. The van der Waals surface area contributed by atoms with Crippen molar-refractivity contribution < 1.29 is 0 Å². The molecule has 0 amide bonds. The Labute approximate surface area is 87.8 Å². The van der Waals surface area contributed by atoms with Gasteiger partial charge < -0.3 is 10.6 Å². The molecule has 2 aliphatic rings. The van der Waals surface area contributed by atoms with Gasteiger partial charge in [0.2, 0.25) is 0 Å². The highest BCUT2D eigenvalue weighted by atomic mass is 15.0. The molecule has 1 aliphatic carbocycles. The summed E-state index contributed by atoms with van der Waals surface area (Å²) in [6, 6.07) is 0.763. The largest absolute Gasteiger partial charge is 0.315 e. The zero-order valence-electron chi connectivity index (χ0n) is 9.23. The van der Waals surface area contributed by atoms with Crippen LogP contribution < -0.4 is 10.6 Å². The lowest BCUT2D eigenvalue weighted by Gasteiger charge is -2.22.